The van der Waals surface area contributed by atoms with E-state index in [2.05, 4.69) is 49.0 Å². The summed E-state index contributed by atoms with van der Waals surface area (Å²) in [5.41, 5.74) is 0. The van der Waals surface area contributed by atoms with Gasteiger partial charge < -0.3 is 19.8 Å². The van der Waals surface area contributed by atoms with Gasteiger partial charge in [-0.25, -0.2) is 0 Å². The first kappa shape index (κ1) is 36.0. The van der Waals surface area contributed by atoms with Crippen LogP contribution in [0, 0.1) is 23.7 Å². The Morgan fingerprint density at radius 2 is 1.00 bits per heavy atom. The van der Waals surface area contributed by atoms with Crippen LogP contribution in [0.3, 0.4) is 0 Å². The number of carbonyl (C=O) groups excluding carboxylic acids is 2. The van der Waals surface area contributed by atoms with Gasteiger partial charge >= 0.3 is 31.0 Å². The van der Waals surface area contributed by atoms with Crippen LogP contribution in [0.25, 0.3) is 0 Å². The van der Waals surface area contributed by atoms with Crippen molar-refractivity contribution in [2.24, 2.45) is 23.7 Å². The molecule has 0 N–H and O–H groups in total. The third-order valence-corrected chi connectivity index (χ3v) is 6.33. The molecule has 0 rings (SSSR count). The zero-order valence-electron chi connectivity index (χ0n) is 20.8. The van der Waals surface area contributed by atoms with Gasteiger partial charge in [-0.3, -0.25) is 0 Å². The van der Waals surface area contributed by atoms with E-state index in [-0.39, 0.29) is 44.8 Å². The molecular formula is C24H48O4S2Sn. The van der Waals surface area contributed by atoms with Gasteiger partial charge in [0.15, 0.2) is 0 Å². The van der Waals surface area contributed by atoms with Crippen LogP contribution in [-0.2, 0) is 9.59 Å². The summed E-state index contributed by atoms with van der Waals surface area (Å²) in [6.07, 6.45) is 10.7. The van der Waals surface area contributed by atoms with E-state index in [1.54, 1.807) is 0 Å². The summed E-state index contributed by atoms with van der Waals surface area (Å²) in [6, 6.07) is 0. The molecule has 0 fully saturated rings. The molecule has 4 unspecified atom stereocenters. The zero-order valence-corrected chi connectivity index (χ0v) is 25.5. The second kappa shape index (κ2) is 26.7. The molecular weight excluding hydrogens is 535 g/mol. The molecule has 4 nitrogen and oxygen atoms in total. The topological polar surface area (TPSA) is 80.3 Å². The normalized spacial score (nSPS) is 13.9. The molecule has 0 bridgehead atoms. The van der Waals surface area contributed by atoms with E-state index in [1.165, 1.54) is 25.7 Å². The number of carbonyl (C=O) groups is 2. The van der Waals surface area contributed by atoms with E-state index in [0.717, 1.165) is 38.5 Å². The van der Waals surface area contributed by atoms with E-state index >= 15 is 0 Å². The SMILES string of the molecule is CCCCCC(CC)C(CS)C(=O)[O-].CCCCCC(CC)C(CS)C(=O)[O-].[CH3][Sn+2][CH3]. The molecule has 0 amide bonds. The molecule has 184 valence electrons. The van der Waals surface area contributed by atoms with Gasteiger partial charge in [0.1, 0.15) is 0 Å². The minimum absolute atomic E-state index is 0.230. The summed E-state index contributed by atoms with van der Waals surface area (Å²) >= 11 is 8.37. The molecule has 0 radical (unpaired) electrons. The molecule has 0 aromatic rings. The molecule has 0 spiro atoms. The van der Waals surface area contributed by atoms with Gasteiger partial charge in [-0.2, -0.15) is 25.3 Å². The number of aliphatic carboxylic acids is 2. The summed E-state index contributed by atoms with van der Waals surface area (Å²) in [5, 5.41) is 21.6. The van der Waals surface area contributed by atoms with Crippen molar-refractivity contribution in [3.63, 3.8) is 0 Å². The molecule has 4 atom stereocenters. The second-order valence-electron chi connectivity index (χ2n) is 8.04. The van der Waals surface area contributed by atoms with Crippen LogP contribution in [0.4, 0.5) is 0 Å². The van der Waals surface area contributed by atoms with Gasteiger partial charge in [-0.05, 0) is 36.2 Å². The van der Waals surface area contributed by atoms with Gasteiger partial charge in [0.25, 0.3) is 0 Å². The third-order valence-electron chi connectivity index (χ3n) is 5.54. The first-order valence-electron chi connectivity index (χ1n) is 12.0. The molecule has 0 heterocycles. The van der Waals surface area contributed by atoms with Crippen molar-refractivity contribution in [1.82, 2.24) is 0 Å². The summed E-state index contributed by atoms with van der Waals surface area (Å²) in [5.74, 6) is -1.36. The summed E-state index contributed by atoms with van der Waals surface area (Å²) in [6.45, 7) is 8.37. The maximum atomic E-state index is 10.8. The number of thiol groups is 2. The predicted octanol–water partition coefficient (Wildman–Crippen LogP) is 4.56. The van der Waals surface area contributed by atoms with Crippen LogP contribution in [0.1, 0.15) is 91.9 Å². The van der Waals surface area contributed by atoms with Crippen LogP contribution in [0.5, 0.6) is 0 Å². The zero-order chi connectivity index (χ0) is 24.7. The van der Waals surface area contributed by atoms with Crippen LogP contribution >= 0.6 is 25.3 Å². The Morgan fingerprint density at radius 3 is 1.16 bits per heavy atom. The van der Waals surface area contributed by atoms with E-state index in [1.807, 2.05) is 13.8 Å². The molecule has 0 aliphatic carbocycles. The Kier molecular flexibility index (Phi) is 31.0. The third kappa shape index (κ3) is 20.8. The molecule has 31 heavy (non-hydrogen) atoms. The standard InChI is InChI=1S/2C11H22O2S.2CH3.Sn/c2*1-3-5-6-7-9(4-2)10(8-14)11(12)13;;;/h2*9-10,14H,3-8H2,1-2H3,(H,12,13);2*1H3;/q;;;;+2/p-2. The van der Waals surface area contributed by atoms with Crippen molar-refractivity contribution in [2.75, 3.05) is 11.5 Å². The van der Waals surface area contributed by atoms with Gasteiger partial charge in [0.05, 0.1) is 0 Å². The summed E-state index contributed by atoms with van der Waals surface area (Å²) in [7, 11) is 0. The van der Waals surface area contributed by atoms with Crippen LogP contribution in [0.15, 0.2) is 0 Å². The average molecular weight is 583 g/mol. The van der Waals surface area contributed by atoms with E-state index in [9.17, 15) is 19.8 Å². The Balaban J connectivity index is -0.000000448. The van der Waals surface area contributed by atoms with Crippen molar-refractivity contribution >= 4 is 58.3 Å². The number of hydrogen-bond acceptors (Lipinski definition) is 6. The van der Waals surface area contributed by atoms with Crippen LogP contribution in [0.2, 0.25) is 9.88 Å². The van der Waals surface area contributed by atoms with Crippen LogP contribution in [-0.4, -0.2) is 44.6 Å². The molecule has 0 aromatic carbocycles. The van der Waals surface area contributed by atoms with Gasteiger partial charge in [0, 0.05) is 23.8 Å². The van der Waals surface area contributed by atoms with Crippen molar-refractivity contribution in [1.29, 1.82) is 0 Å². The fourth-order valence-corrected chi connectivity index (χ4v) is 4.42. The molecule has 0 aromatic heterocycles. The monoisotopic (exact) mass is 584 g/mol. The van der Waals surface area contributed by atoms with Crippen LogP contribution < -0.4 is 10.2 Å². The fourth-order valence-electron chi connectivity index (χ4n) is 3.52. The van der Waals surface area contributed by atoms with Crippen molar-refractivity contribution in [3.8, 4) is 0 Å². The molecule has 7 heteroatoms. The number of carboxylic acids is 2. The Labute approximate surface area is 214 Å². The number of hydrogen-bond donors (Lipinski definition) is 2. The van der Waals surface area contributed by atoms with Crippen molar-refractivity contribution < 1.29 is 19.8 Å². The van der Waals surface area contributed by atoms with Crippen molar-refractivity contribution in [2.45, 2.75) is 102 Å². The molecule has 0 saturated heterocycles. The fraction of sp³-hybridized carbons (Fsp3) is 0.917. The van der Waals surface area contributed by atoms with Crippen molar-refractivity contribution in [3.05, 3.63) is 0 Å². The van der Waals surface area contributed by atoms with E-state index in [4.69, 9.17) is 0 Å². The van der Waals surface area contributed by atoms with Gasteiger partial charge in [-0.1, -0.05) is 79.1 Å². The van der Waals surface area contributed by atoms with E-state index < -0.39 is 11.9 Å². The van der Waals surface area contributed by atoms with E-state index in [0.29, 0.717) is 11.5 Å². The quantitative estimate of drug-likeness (QED) is 0.159. The molecule has 0 saturated carbocycles. The average Bonchev–Trinajstić information content (AvgIpc) is 2.73. The second-order valence-corrected chi connectivity index (χ2v) is 11.6. The Hall–Kier alpha value is 0.439. The predicted molar refractivity (Wildman–Crippen MR) is 138 cm³/mol. The Morgan fingerprint density at radius 1 is 0.710 bits per heavy atom. The number of rotatable bonds is 16. The maximum absolute atomic E-state index is 10.8. The molecule has 0 aliphatic heterocycles. The first-order chi connectivity index (χ1) is 14.7. The Bertz CT molecular complexity index is 375. The van der Waals surface area contributed by atoms with Gasteiger partial charge in [-0.15, -0.1) is 0 Å². The summed E-state index contributed by atoms with van der Waals surface area (Å²) < 4.78 is 0. The molecule has 0 aliphatic rings. The minimum atomic E-state index is -0.941. The summed E-state index contributed by atoms with van der Waals surface area (Å²) in [4.78, 5) is 26.2. The first-order valence-corrected chi connectivity index (χ1v) is 18.9. The number of unbranched alkanes of at least 4 members (excludes halogenated alkanes) is 4. The number of carboxylic acid groups (broad SMARTS) is 2. The van der Waals surface area contributed by atoms with Gasteiger partial charge in [0.2, 0.25) is 0 Å².